The number of rotatable bonds is 6. The summed E-state index contributed by atoms with van der Waals surface area (Å²) < 4.78 is 4.99. The largest absolute Gasteiger partial charge is 0.469 e. The van der Waals surface area contributed by atoms with Crippen molar-refractivity contribution in [2.24, 2.45) is 52.3 Å². The molecule has 3 nitrogen and oxygen atoms in total. The topological polar surface area (TPSA) is 43.4 Å². The van der Waals surface area contributed by atoms with E-state index in [1.807, 2.05) is 13.0 Å². The van der Waals surface area contributed by atoms with E-state index in [1.165, 1.54) is 44.8 Å². The highest BCUT2D eigenvalue weighted by molar-refractivity contribution is 5.91. The van der Waals surface area contributed by atoms with Gasteiger partial charge in [0.15, 0.2) is 5.78 Å². The summed E-state index contributed by atoms with van der Waals surface area (Å²) in [5.41, 5.74) is 2.16. The fraction of sp³-hybridized carbons (Fsp3) is 0.800. The molecule has 0 aromatic heterocycles. The zero-order valence-electron chi connectivity index (χ0n) is 21.9. The fourth-order valence-corrected chi connectivity index (χ4v) is 8.93. The van der Waals surface area contributed by atoms with E-state index < -0.39 is 0 Å². The van der Waals surface area contributed by atoms with Crippen molar-refractivity contribution in [3.05, 3.63) is 23.8 Å². The molecule has 0 aromatic carbocycles. The van der Waals surface area contributed by atoms with Gasteiger partial charge in [0.1, 0.15) is 0 Å². The lowest BCUT2D eigenvalue weighted by atomic mass is 9.46. The predicted molar refractivity (Wildman–Crippen MR) is 133 cm³/mol. The highest BCUT2D eigenvalue weighted by atomic mass is 16.5. The van der Waals surface area contributed by atoms with E-state index in [2.05, 4.69) is 39.8 Å². The van der Waals surface area contributed by atoms with Gasteiger partial charge in [-0.3, -0.25) is 9.59 Å². The van der Waals surface area contributed by atoms with Crippen molar-refractivity contribution < 1.29 is 14.3 Å². The summed E-state index contributed by atoms with van der Waals surface area (Å²) in [6.45, 7) is 11.7. The highest BCUT2D eigenvalue weighted by Crippen LogP contribution is 2.67. The average Bonchev–Trinajstić information content (AvgIpc) is 3.16. The van der Waals surface area contributed by atoms with Crippen LogP contribution in [0.4, 0.5) is 0 Å². The van der Waals surface area contributed by atoms with E-state index in [4.69, 9.17) is 4.74 Å². The molecule has 9 atom stereocenters. The molecule has 3 fully saturated rings. The van der Waals surface area contributed by atoms with E-state index >= 15 is 0 Å². The van der Waals surface area contributed by atoms with Crippen LogP contribution in [0.25, 0.3) is 0 Å². The molecule has 4 aliphatic rings. The van der Waals surface area contributed by atoms with Crippen LogP contribution in [0.1, 0.15) is 92.4 Å². The Hall–Kier alpha value is -1.38. The molecule has 0 saturated heterocycles. The van der Waals surface area contributed by atoms with Crippen LogP contribution < -0.4 is 0 Å². The van der Waals surface area contributed by atoms with Crippen LogP contribution in [0.3, 0.4) is 0 Å². The van der Waals surface area contributed by atoms with E-state index in [1.54, 1.807) is 0 Å². The Bertz CT molecular complexity index is 824. The monoisotopic (exact) mass is 454 g/mol. The molecule has 0 bridgehead atoms. The van der Waals surface area contributed by atoms with Gasteiger partial charge in [-0.2, -0.15) is 0 Å². The van der Waals surface area contributed by atoms with Crippen molar-refractivity contribution in [2.45, 2.75) is 92.4 Å². The van der Waals surface area contributed by atoms with Crippen LogP contribution in [0.15, 0.2) is 23.8 Å². The quantitative estimate of drug-likeness (QED) is 0.316. The standard InChI is InChI=1S/C30H46O3/c1-7-21(20(3)28(32)33-6)9-8-19(2)25-12-13-26-24-11-10-22-18-23(31)14-16-29(22,4)27(24)15-17-30(25,26)5/h8-9,18-21,24-27H,7,10-17H2,1-6H3/t19-,20?,21-,24+,25-,26+,27+,29+,30-/m1/s1. The first kappa shape index (κ1) is 24.7. The maximum absolute atomic E-state index is 12.1. The number of methoxy groups -OCH3 is 1. The van der Waals surface area contributed by atoms with Crippen molar-refractivity contribution >= 4 is 11.8 Å². The zero-order chi connectivity index (χ0) is 24.0. The van der Waals surface area contributed by atoms with Crippen molar-refractivity contribution in [1.82, 2.24) is 0 Å². The number of ether oxygens (including phenoxy) is 1. The second kappa shape index (κ2) is 9.34. The number of esters is 1. The van der Waals surface area contributed by atoms with E-state index in [0.29, 0.717) is 17.1 Å². The summed E-state index contributed by atoms with van der Waals surface area (Å²) in [5.74, 6) is 4.09. The van der Waals surface area contributed by atoms with Gasteiger partial charge in [0.05, 0.1) is 13.0 Å². The summed E-state index contributed by atoms with van der Waals surface area (Å²) in [6.07, 6.45) is 17.3. The molecule has 3 heteroatoms. The maximum Gasteiger partial charge on any atom is 0.308 e. The molecule has 0 amide bonds. The van der Waals surface area contributed by atoms with Crippen molar-refractivity contribution in [1.29, 1.82) is 0 Å². The number of allylic oxidation sites excluding steroid dienone is 3. The van der Waals surface area contributed by atoms with Crippen LogP contribution in [0.2, 0.25) is 0 Å². The average molecular weight is 455 g/mol. The second-order valence-electron chi connectivity index (χ2n) is 12.3. The Morgan fingerprint density at radius 3 is 2.55 bits per heavy atom. The van der Waals surface area contributed by atoms with Gasteiger partial charge in [-0.25, -0.2) is 0 Å². The lowest BCUT2D eigenvalue weighted by Crippen LogP contribution is -2.50. The summed E-state index contributed by atoms with van der Waals surface area (Å²) in [4.78, 5) is 24.1. The van der Waals surface area contributed by atoms with E-state index in [0.717, 1.165) is 49.4 Å². The first-order valence-electron chi connectivity index (χ1n) is 13.7. The molecule has 0 spiro atoms. The maximum atomic E-state index is 12.1. The Balaban J connectivity index is 1.49. The van der Waals surface area contributed by atoms with Crippen molar-refractivity contribution in [3.63, 3.8) is 0 Å². The zero-order valence-corrected chi connectivity index (χ0v) is 21.9. The van der Waals surface area contributed by atoms with E-state index in [9.17, 15) is 9.59 Å². The summed E-state index contributed by atoms with van der Waals surface area (Å²) in [6, 6.07) is 0. The minimum atomic E-state index is -0.103. The first-order valence-corrected chi connectivity index (χ1v) is 13.7. The number of hydrogen-bond acceptors (Lipinski definition) is 3. The Morgan fingerprint density at radius 2 is 1.85 bits per heavy atom. The molecule has 184 valence electrons. The molecule has 4 aliphatic carbocycles. The lowest BCUT2D eigenvalue weighted by molar-refractivity contribution is -0.146. The lowest BCUT2D eigenvalue weighted by Gasteiger charge is -2.58. The molecule has 1 unspecified atom stereocenters. The number of hydrogen-bond donors (Lipinski definition) is 0. The van der Waals surface area contributed by atoms with Gasteiger partial charge in [0, 0.05) is 6.42 Å². The number of ketones is 1. The Kier molecular flexibility index (Phi) is 7.00. The van der Waals surface area contributed by atoms with Gasteiger partial charge >= 0.3 is 5.97 Å². The van der Waals surface area contributed by atoms with Gasteiger partial charge in [-0.15, -0.1) is 0 Å². The third kappa shape index (κ3) is 4.16. The second-order valence-corrected chi connectivity index (χ2v) is 12.3. The molecule has 0 N–H and O–H groups in total. The molecule has 0 radical (unpaired) electrons. The van der Waals surface area contributed by atoms with Crippen molar-refractivity contribution in [3.8, 4) is 0 Å². The smallest absolute Gasteiger partial charge is 0.308 e. The number of fused-ring (bicyclic) bond motifs is 5. The third-order valence-corrected chi connectivity index (χ3v) is 11.0. The van der Waals surface area contributed by atoms with Crippen molar-refractivity contribution in [2.75, 3.05) is 7.11 Å². The summed E-state index contributed by atoms with van der Waals surface area (Å²) in [7, 11) is 1.49. The predicted octanol–water partition coefficient (Wildman–Crippen LogP) is 7.16. The van der Waals surface area contributed by atoms with Crippen LogP contribution in [-0.2, 0) is 14.3 Å². The third-order valence-electron chi connectivity index (χ3n) is 11.0. The van der Waals surface area contributed by atoms with Gasteiger partial charge in [0.2, 0.25) is 0 Å². The van der Waals surface area contributed by atoms with Crippen LogP contribution in [0.5, 0.6) is 0 Å². The number of carbonyl (C=O) groups excluding carboxylic acids is 2. The van der Waals surface area contributed by atoms with Crippen LogP contribution in [-0.4, -0.2) is 18.9 Å². The Labute approximate surface area is 201 Å². The molecule has 4 rings (SSSR count). The SMILES string of the molecule is CC[C@H](C=C[C@@H](C)[C@H]1CC[C@H]2[C@@H]3CCC4=CC(=O)CC[C@]4(C)[C@H]3CC[C@]12C)C(C)C(=O)OC. The molecule has 0 aliphatic heterocycles. The van der Waals surface area contributed by atoms with E-state index in [-0.39, 0.29) is 23.2 Å². The van der Waals surface area contributed by atoms with Gasteiger partial charge in [0.25, 0.3) is 0 Å². The Morgan fingerprint density at radius 1 is 1.09 bits per heavy atom. The molecular weight excluding hydrogens is 408 g/mol. The first-order chi connectivity index (χ1) is 15.7. The minimum absolute atomic E-state index is 0.0848. The highest BCUT2D eigenvalue weighted by Gasteiger charge is 2.59. The van der Waals surface area contributed by atoms with Gasteiger partial charge in [-0.1, -0.05) is 52.3 Å². The molecule has 0 aromatic rings. The minimum Gasteiger partial charge on any atom is -0.469 e. The molecular formula is C30H46O3. The molecule has 33 heavy (non-hydrogen) atoms. The van der Waals surface area contributed by atoms with Crippen LogP contribution >= 0.6 is 0 Å². The molecule has 0 heterocycles. The fourth-order valence-electron chi connectivity index (χ4n) is 8.93. The summed E-state index contributed by atoms with van der Waals surface area (Å²) >= 11 is 0. The van der Waals surface area contributed by atoms with Gasteiger partial charge < -0.3 is 4.74 Å². The summed E-state index contributed by atoms with van der Waals surface area (Å²) in [5, 5.41) is 0. The van der Waals surface area contributed by atoms with Crippen LogP contribution in [0, 0.1) is 52.3 Å². The van der Waals surface area contributed by atoms with Gasteiger partial charge in [-0.05, 0) is 104 Å². The normalized spacial score (nSPS) is 40.9. The molecule has 3 saturated carbocycles. The number of carbonyl (C=O) groups is 2.